The minimum absolute atomic E-state index is 0.0154. The van der Waals surface area contributed by atoms with Crippen LogP contribution in [-0.4, -0.2) is 63.9 Å². The van der Waals surface area contributed by atoms with E-state index in [2.05, 4.69) is 48.3 Å². The van der Waals surface area contributed by atoms with E-state index in [1.165, 1.54) is 35.6 Å². The van der Waals surface area contributed by atoms with Crippen LogP contribution in [-0.2, 0) is 20.2 Å². The molecule has 0 aliphatic carbocycles. The van der Waals surface area contributed by atoms with E-state index in [1.54, 1.807) is 55.5 Å². The number of aryl methyl sites for hydroxylation is 1. The third-order valence-electron chi connectivity index (χ3n) is 7.90. The molecule has 2 heterocycles. The number of fused-ring (bicyclic) bond motifs is 3. The van der Waals surface area contributed by atoms with Crippen molar-refractivity contribution in [3.8, 4) is 11.6 Å². The first-order valence-electron chi connectivity index (χ1n) is 15.7. The molecule has 4 aromatic carbocycles. The van der Waals surface area contributed by atoms with E-state index in [0.717, 1.165) is 6.07 Å². The molecule has 0 radical (unpaired) electrons. The predicted molar refractivity (Wildman–Crippen MR) is 202 cm³/mol. The molecule has 21 heteroatoms. The van der Waals surface area contributed by atoms with Crippen molar-refractivity contribution in [3.63, 3.8) is 0 Å². The summed E-state index contributed by atoms with van der Waals surface area (Å²) in [4.78, 5) is 16.8. The van der Waals surface area contributed by atoms with Gasteiger partial charge in [0.05, 0.1) is 28.1 Å². The summed E-state index contributed by atoms with van der Waals surface area (Å²) in [5.74, 6) is -2.72. The molecule has 0 saturated carbocycles. The van der Waals surface area contributed by atoms with Crippen LogP contribution in [0.2, 0.25) is 0 Å². The molecule has 0 amide bonds. The van der Waals surface area contributed by atoms with Gasteiger partial charge in [0.15, 0.2) is 5.65 Å². The summed E-state index contributed by atoms with van der Waals surface area (Å²) in [6, 6.07) is 19.8. The van der Waals surface area contributed by atoms with Crippen molar-refractivity contribution in [2.24, 2.45) is 30.7 Å². The third kappa shape index (κ3) is 8.66. The maximum absolute atomic E-state index is 12.4. The highest BCUT2D eigenvalue weighted by molar-refractivity contribution is 7.86. The Labute approximate surface area is 317 Å². The Hall–Kier alpha value is -6.13. The van der Waals surface area contributed by atoms with Crippen LogP contribution in [0.5, 0.6) is 11.6 Å². The normalized spacial score (nSPS) is 12.5. The maximum atomic E-state index is 12.4. The van der Waals surface area contributed by atoms with Crippen molar-refractivity contribution in [1.82, 2.24) is 9.38 Å². The van der Waals surface area contributed by atoms with Crippen LogP contribution in [0, 0.1) is 13.8 Å². The highest BCUT2D eigenvalue weighted by atomic mass is 32.2. The van der Waals surface area contributed by atoms with E-state index in [1.807, 2.05) is 0 Å². The Morgan fingerprint density at radius 2 is 1.47 bits per heavy atom. The lowest BCUT2D eigenvalue weighted by molar-refractivity contribution is 0.0697. The number of aromatic carboxylic acids is 1. The number of azo groups is 3. The fourth-order valence-corrected chi connectivity index (χ4v) is 6.35. The highest BCUT2D eigenvalue weighted by Crippen LogP contribution is 2.41. The first kappa shape index (κ1) is 38.6. The van der Waals surface area contributed by atoms with Crippen molar-refractivity contribution in [2.45, 2.75) is 23.6 Å². The second kappa shape index (κ2) is 15.3. The van der Waals surface area contributed by atoms with Gasteiger partial charge in [0, 0.05) is 16.5 Å². The van der Waals surface area contributed by atoms with Gasteiger partial charge in [-0.05, 0) is 80.1 Å². The monoisotopic (exact) mass is 804 g/mol. The number of thiol groups is 1. The quantitative estimate of drug-likeness (QED) is 0.0444. The minimum Gasteiger partial charge on any atom is -0.493 e. The molecule has 18 nitrogen and oxygen atoms in total. The van der Waals surface area contributed by atoms with Crippen LogP contribution in [0.1, 0.15) is 21.5 Å². The molecule has 0 fully saturated rings. The summed E-state index contributed by atoms with van der Waals surface area (Å²) < 4.78 is 73.6. The van der Waals surface area contributed by atoms with Gasteiger partial charge in [-0.3, -0.25) is 13.5 Å². The number of hydrogen-bond acceptors (Lipinski definition) is 15. The van der Waals surface area contributed by atoms with Crippen LogP contribution in [0.3, 0.4) is 0 Å². The molecule has 0 atom stereocenters. The molecule has 0 spiro atoms. The Bertz CT molecular complexity index is 2820. The van der Waals surface area contributed by atoms with Gasteiger partial charge in [0.25, 0.3) is 20.2 Å². The molecule has 55 heavy (non-hydrogen) atoms. The molecule has 6 rings (SSSR count). The topological polar surface area (TPSA) is 267 Å². The van der Waals surface area contributed by atoms with E-state index in [9.17, 15) is 40.9 Å². The van der Waals surface area contributed by atoms with Gasteiger partial charge >= 0.3 is 5.97 Å². The number of carbonyl (C=O) groups is 1. The number of pyridine rings is 1. The molecular weight excluding hydrogens is 777 g/mol. The van der Waals surface area contributed by atoms with Crippen molar-refractivity contribution in [2.75, 3.05) is 12.4 Å². The molecule has 0 saturated heterocycles. The average molecular weight is 805 g/mol. The molecule has 0 unspecified atom stereocenters. The third-order valence-corrected chi connectivity index (χ3v) is 9.77. The zero-order chi connectivity index (χ0) is 39.7. The fourth-order valence-electron chi connectivity index (χ4n) is 5.26. The van der Waals surface area contributed by atoms with E-state index in [-0.39, 0.29) is 51.0 Å². The zero-order valence-electron chi connectivity index (χ0n) is 28.5. The fraction of sp³-hybridized carbons (Fsp3) is 0.118. The number of hydrogen-bond donors (Lipinski definition) is 5. The smallest absolute Gasteiger partial charge is 0.339 e. The van der Waals surface area contributed by atoms with E-state index in [4.69, 9.17) is 4.74 Å². The standard InChI is InChI=1S/C34H28N8O10S3/c1-18-15-26(40-41-31-19(2)30(34(44)45)32-35-23-5-3-4-6-27(23)42(32)33(31)43)28(52-13-14-54(46,47)48)17-25(18)39-38-24-12-9-21(16-29(24)55(49,50)51)37-36-20-7-10-22(53)11-8-20/h3-12,15-17,43,53H,13-14H2,1-2H3,(H,44,45)(H,46,47,48)(H,49,50,51). The SMILES string of the molecule is Cc1cc(N=Nc2c(C)c(C(=O)O)c3nc4ccccc4n3c2O)c(OCCS(=O)(=O)O)cc1N=Nc1ccc(N=Nc2ccc(S)cc2)cc1S(=O)(=O)O. The summed E-state index contributed by atoms with van der Waals surface area (Å²) in [5, 5.41) is 46.0. The van der Waals surface area contributed by atoms with Gasteiger partial charge in [0.1, 0.15) is 45.6 Å². The summed E-state index contributed by atoms with van der Waals surface area (Å²) in [7, 11) is -9.28. The average Bonchev–Trinajstić information content (AvgIpc) is 3.50. The lowest BCUT2D eigenvalue weighted by atomic mass is 10.1. The summed E-state index contributed by atoms with van der Waals surface area (Å²) in [5.41, 5.74) is 1.11. The van der Waals surface area contributed by atoms with Gasteiger partial charge in [-0.1, -0.05) is 12.1 Å². The number of aromatic nitrogens is 2. The largest absolute Gasteiger partial charge is 0.493 e. The number of ether oxygens (including phenoxy) is 1. The molecule has 282 valence electrons. The van der Waals surface area contributed by atoms with E-state index >= 15 is 0 Å². The number of para-hydroxylation sites is 2. The Kier molecular flexibility index (Phi) is 10.7. The number of imidazole rings is 1. The number of benzene rings is 4. The summed E-state index contributed by atoms with van der Waals surface area (Å²) >= 11 is 4.21. The number of carboxylic acids is 1. The van der Waals surface area contributed by atoms with E-state index in [0.29, 0.717) is 27.2 Å². The van der Waals surface area contributed by atoms with Crippen LogP contribution >= 0.6 is 12.6 Å². The van der Waals surface area contributed by atoms with Crippen LogP contribution in [0.15, 0.2) is 119 Å². The Morgan fingerprint density at radius 3 is 2.16 bits per heavy atom. The maximum Gasteiger partial charge on any atom is 0.339 e. The van der Waals surface area contributed by atoms with Gasteiger partial charge in [-0.15, -0.1) is 28.0 Å². The molecule has 6 aromatic rings. The summed E-state index contributed by atoms with van der Waals surface area (Å²) in [6.45, 7) is 2.45. The lowest BCUT2D eigenvalue weighted by Crippen LogP contribution is -2.12. The van der Waals surface area contributed by atoms with Crippen molar-refractivity contribution in [3.05, 3.63) is 95.6 Å². The highest BCUT2D eigenvalue weighted by Gasteiger charge is 2.25. The minimum atomic E-state index is -4.83. The molecular formula is C34H28N8O10S3. The van der Waals surface area contributed by atoms with Crippen molar-refractivity contribution in [1.29, 1.82) is 0 Å². The first-order valence-corrected chi connectivity index (χ1v) is 19.2. The number of carboxylic acid groups (broad SMARTS) is 1. The lowest BCUT2D eigenvalue weighted by Gasteiger charge is -2.12. The van der Waals surface area contributed by atoms with Gasteiger partial charge < -0.3 is 14.9 Å². The van der Waals surface area contributed by atoms with Crippen LogP contribution < -0.4 is 4.74 Å². The second-order valence-corrected chi connectivity index (χ2v) is 15.2. The Morgan fingerprint density at radius 1 is 0.818 bits per heavy atom. The number of aromatic hydroxyl groups is 1. The van der Waals surface area contributed by atoms with E-state index < -0.39 is 49.3 Å². The predicted octanol–water partition coefficient (Wildman–Crippen LogP) is 8.56. The molecule has 0 aliphatic heterocycles. The van der Waals surface area contributed by atoms with Gasteiger partial charge in [-0.2, -0.15) is 32.2 Å². The summed E-state index contributed by atoms with van der Waals surface area (Å²) in [6.07, 6.45) is 0. The van der Waals surface area contributed by atoms with Crippen molar-refractivity contribution >= 4 is 89.6 Å². The molecule has 0 aliphatic rings. The van der Waals surface area contributed by atoms with Crippen LogP contribution in [0.4, 0.5) is 34.1 Å². The van der Waals surface area contributed by atoms with Gasteiger partial charge in [-0.25, -0.2) is 9.78 Å². The second-order valence-electron chi connectivity index (χ2n) is 11.7. The molecule has 0 bridgehead atoms. The Balaban J connectivity index is 1.39. The van der Waals surface area contributed by atoms with Crippen LogP contribution in [0.25, 0.3) is 16.7 Å². The zero-order valence-corrected chi connectivity index (χ0v) is 31.0. The van der Waals surface area contributed by atoms with Gasteiger partial charge in [0.2, 0.25) is 5.88 Å². The first-order chi connectivity index (χ1) is 26.0. The molecule has 2 aromatic heterocycles. The van der Waals surface area contributed by atoms with Crippen molar-refractivity contribution < 1.29 is 45.7 Å². The molecule has 4 N–H and O–H groups in total. The number of nitrogens with zero attached hydrogens (tertiary/aromatic N) is 8. The number of rotatable bonds is 12.